The molecule has 0 saturated heterocycles. The summed E-state index contributed by atoms with van der Waals surface area (Å²) in [6.07, 6.45) is 3.26. The Morgan fingerprint density at radius 3 is 2.59 bits per heavy atom. The lowest BCUT2D eigenvalue weighted by Gasteiger charge is -2.11. The van der Waals surface area contributed by atoms with Gasteiger partial charge in [-0.2, -0.15) is 0 Å². The minimum atomic E-state index is -3.74. The van der Waals surface area contributed by atoms with E-state index in [9.17, 15) is 17.6 Å². The number of sulfonamides is 1. The van der Waals surface area contributed by atoms with Crippen LogP contribution in [0.5, 0.6) is 0 Å². The molecule has 3 rings (SSSR count). The fraction of sp³-hybridized carbons (Fsp3) is 0.300. The van der Waals surface area contributed by atoms with Crippen LogP contribution in [0.3, 0.4) is 0 Å². The van der Waals surface area contributed by atoms with Crippen molar-refractivity contribution in [3.63, 3.8) is 0 Å². The SMILES string of the molecule is O=C(Cc1c(F)cccc1Cl)Nc1ccc(S(=O)(=O)NC2=NCCCCC2)cc1. The number of nitrogens with zero attached hydrogens (tertiary/aromatic N) is 1. The number of anilines is 1. The highest BCUT2D eigenvalue weighted by atomic mass is 35.5. The van der Waals surface area contributed by atoms with E-state index in [-0.39, 0.29) is 21.9 Å². The van der Waals surface area contributed by atoms with Crippen molar-refractivity contribution in [3.8, 4) is 0 Å². The Morgan fingerprint density at radius 2 is 1.86 bits per heavy atom. The third-order valence-corrected chi connectivity index (χ3v) is 6.23. The van der Waals surface area contributed by atoms with Crippen LogP contribution in [-0.4, -0.2) is 26.7 Å². The maximum absolute atomic E-state index is 13.8. The summed E-state index contributed by atoms with van der Waals surface area (Å²) in [6.45, 7) is 0.620. The summed E-state index contributed by atoms with van der Waals surface area (Å²) < 4.78 is 41.4. The van der Waals surface area contributed by atoms with Gasteiger partial charge in [-0.3, -0.25) is 14.5 Å². The lowest BCUT2D eigenvalue weighted by atomic mass is 10.1. The van der Waals surface area contributed by atoms with Crippen LogP contribution in [0.2, 0.25) is 5.02 Å². The monoisotopic (exact) mass is 437 g/mol. The fourth-order valence-electron chi connectivity index (χ4n) is 2.96. The Labute approximate surface area is 174 Å². The standard InChI is InChI=1S/C20H21ClFN3O3S/c21-17-5-4-6-18(22)16(17)13-20(26)24-14-8-10-15(11-9-14)29(27,28)25-19-7-2-1-3-12-23-19/h4-6,8-11H,1-3,7,12-13H2,(H,23,25)(H,24,26). The maximum Gasteiger partial charge on any atom is 0.262 e. The van der Waals surface area contributed by atoms with E-state index in [1.54, 1.807) is 0 Å². The Bertz CT molecular complexity index is 1000. The van der Waals surface area contributed by atoms with Crippen molar-refractivity contribution < 1.29 is 17.6 Å². The van der Waals surface area contributed by atoms with Crippen molar-refractivity contribution in [3.05, 3.63) is 58.9 Å². The Kier molecular flexibility index (Phi) is 6.87. The van der Waals surface area contributed by atoms with E-state index in [1.165, 1.54) is 42.5 Å². The second-order valence-electron chi connectivity index (χ2n) is 6.69. The molecule has 2 aromatic rings. The number of nitrogens with one attached hydrogen (secondary N) is 2. The molecule has 0 aliphatic carbocycles. The summed E-state index contributed by atoms with van der Waals surface area (Å²) >= 11 is 5.93. The van der Waals surface area contributed by atoms with Gasteiger partial charge in [-0.05, 0) is 49.2 Å². The molecule has 1 amide bonds. The third kappa shape index (κ3) is 5.77. The molecule has 154 valence electrons. The van der Waals surface area contributed by atoms with Gasteiger partial charge < -0.3 is 5.32 Å². The quantitative estimate of drug-likeness (QED) is 0.743. The summed E-state index contributed by atoms with van der Waals surface area (Å²) in [4.78, 5) is 16.5. The first-order valence-corrected chi connectivity index (χ1v) is 11.1. The molecule has 6 nitrogen and oxygen atoms in total. The second-order valence-corrected chi connectivity index (χ2v) is 8.78. The zero-order valence-electron chi connectivity index (χ0n) is 15.6. The summed E-state index contributed by atoms with van der Waals surface area (Å²) in [6, 6.07) is 9.95. The molecule has 0 fully saturated rings. The molecular formula is C20H21ClFN3O3S. The van der Waals surface area contributed by atoms with Crippen LogP contribution in [-0.2, 0) is 21.2 Å². The minimum Gasteiger partial charge on any atom is -0.326 e. The molecule has 0 aromatic heterocycles. The Balaban J connectivity index is 1.65. The van der Waals surface area contributed by atoms with Gasteiger partial charge in [0.05, 0.1) is 11.3 Å². The van der Waals surface area contributed by atoms with Gasteiger partial charge in [0.25, 0.3) is 10.0 Å². The molecule has 1 heterocycles. The first-order chi connectivity index (χ1) is 13.8. The van der Waals surface area contributed by atoms with Crippen molar-refractivity contribution in [1.29, 1.82) is 0 Å². The molecule has 0 unspecified atom stereocenters. The number of amidine groups is 1. The number of halogens is 2. The molecule has 2 N–H and O–H groups in total. The number of carbonyl (C=O) groups is 1. The predicted octanol–water partition coefficient (Wildman–Crippen LogP) is 3.91. The molecule has 1 aliphatic heterocycles. The van der Waals surface area contributed by atoms with Crippen LogP contribution >= 0.6 is 11.6 Å². The molecule has 2 aromatic carbocycles. The fourth-order valence-corrected chi connectivity index (χ4v) is 4.27. The van der Waals surface area contributed by atoms with Gasteiger partial charge in [-0.25, -0.2) is 12.8 Å². The largest absolute Gasteiger partial charge is 0.326 e. The number of hydrogen-bond acceptors (Lipinski definition) is 4. The maximum atomic E-state index is 13.8. The summed E-state index contributed by atoms with van der Waals surface area (Å²) in [5, 5.41) is 2.79. The Hall–Kier alpha value is -2.45. The highest BCUT2D eigenvalue weighted by Crippen LogP contribution is 2.20. The third-order valence-electron chi connectivity index (χ3n) is 4.47. The van der Waals surface area contributed by atoms with Crippen LogP contribution in [0, 0.1) is 5.82 Å². The smallest absolute Gasteiger partial charge is 0.262 e. The van der Waals surface area contributed by atoms with Crippen LogP contribution in [0.1, 0.15) is 31.2 Å². The molecule has 29 heavy (non-hydrogen) atoms. The molecule has 0 atom stereocenters. The molecule has 0 radical (unpaired) electrons. The van der Waals surface area contributed by atoms with E-state index >= 15 is 0 Å². The normalized spacial score (nSPS) is 14.6. The summed E-state index contributed by atoms with van der Waals surface area (Å²) in [5.74, 6) is -0.540. The van der Waals surface area contributed by atoms with Gasteiger partial charge >= 0.3 is 0 Å². The molecule has 0 spiro atoms. The highest BCUT2D eigenvalue weighted by molar-refractivity contribution is 7.90. The minimum absolute atomic E-state index is 0.0691. The van der Waals surface area contributed by atoms with Crippen LogP contribution in [0.4, 0.5) is 10.1 Å². The van der Waals surface area contributed by atoms with Gasteiger partial charge in [-0.1, -0.05) is 24.1 Å². The molecule has 0 bridgehead atoms. The molecule has 0 saturated carbocycles. The van der Waals surface area contributed by atoms with E-state index in [4.69, 9.17) is 11.6 Å². The van der Waals surface area contributed by atoms with Crippen LogP contribution in [0.25, 0.3) is 0 Å². The van der Waals surface area contributed by atoms with Crippen molar-refractivity contribution in [2.24, 2.45) is 4.99 Å². The highest BCUT2D eigenvalue weighted by Gasteiger charge is 2.18. The van der Waals surface area contributed by atoms with E-state index < -0.39 is 21.7 Å². The van der Waals surface area contributed by atoms with E-state index in [0.717, 1.165) is 19.3 Å². The summed E-state index contributed by atoms with van der Waals surface area (Å²) in [5.41, 5.74) is 0.507. The first-order valence-electron chi connectivity index (χ1n) is 9.24. The van der Waals surface area contributed by atoms with E-state index in [1.807, 2.05) is 0 Å². The first kappa shape index (κ1) is 21.3. The van der Waals surface area contributed by atoms with Gasteiger partial charge in [0.2, 0.25) is 5.91 Å². The zero-order valence-corrected chi connectivity index (χ0v) is 17.2. The molecule has 9 heteroatoms. The number of rotatable bonds is 5. The number of benzene rings is 2. The zero-order chi connectivity index (χ0) is 20.9. The number of hydrogen-bond donors (Lipinski definition) is 2. The molecule has 1 aliphatic rings. The van der Waals surface area contributed by atoms with Crippen molar-refractivity contribution in [2.75, 3.05) is 11.9 Å². The van der Waals surface area contributed by atoms with Gasteiger partial charge in [0.15, 0.2) is 0 Å². The lowest BCUT2D eigenvalue weighted by Crippen LogP contribution is -2.30. The Morgan fingerprint density at radius 1 is 1.10 bits per heavy atom. The number of aliphatic imine (C=N–C) groups is 1. The van der Waals surface area contributed by atoms with Crippen molar-refractivity contribution in [1.82, 2.24) is 4.72 Å². The van der Waals surface area contributed by atoms with E-state index in [2.05, 4.69) is 15.0 Å². The van der Waals surface area contributed by atoms with Crippen molar-refractivity contribution in [2.45, 2.75) is 37.0 Å². The van der Waals surface area contributed by atoms with Gasteiger partial charge in [-0.15, -0.1) is 0 Å². The van der Waals surface area contributed by atoms with Crippen molar-refractivity contribution >= 4 is 39.1 Å². The number of amides is 1. The van der Waals surface area contributed by atoms with Gasteiger partial charge in [0, 0.05) is 29.2 Å². The van der Waals surface area contributed by atoms with Crippen LogP contribution in [0.15, 0.2) is 52.4 Å². The summed E-state index contributed by atoms with van der Waals surface area (Å²) in [7, 11) is -3.74. The average Bonchev–Trinajstić information content (AvgIpc) is 2.93. The topological polar surface area (TPSA) is 87.6 Å². The second kappa shape index (κ2) is 9.37. The van der Waals surface area contributed by atoms with Crippen LogP contribution < -0.4 is 10.0 Å². The predicted molar refractivity (Wildman–Crippen MR) is 111 cm³/mol. The molecular weight excluding hydrogens is 417 g/mol. The van der Waals surface area contributed by atoms with Gasteiger partial charge in [0.1, 0.15) is 11.7 Å². The number of carbonyl (C=O) groups excluding carboxylic acids is 1. The average molecular weight is 438 g/mol. The lowest BCUT2D eigenvalue weighted by molar-refractivity contribution is -0.115. The van der Waals surface area contributed by atoms with E-state index in [0.29, 0.717) is 24.5 Å².